The second kappa shape index (κ2) is 12.1. The molecule has 0 unspecified atom stereocenters. The van der Waals surface area contributed by atoms with E-state index < -0.39 is 6.29 Å². The average molecular weight is 472 g/mol. The van der Waals surface area contributed by atoms with Gasteiger partial charge in [0, 0.05) is 31.0 Å². The average Bonchev–Trinajstić information content (AvgIpc) is 2.83. The number of carbonyl (C=O) groups excluding carboxylic acids is 1. The molecule has 0 aliphatic carbocycles. The molecule has 0 saturated carbocycles. The van der Waals surface area contributed by atoms with Crippen molar-refractivity contribution in [3.05, 3.63) is 58.2 Å². The molecule has 2 aliphatic heterocycles. The molecule has 8 nitrogen and oxygen atoms in total. The summed E-state index contributed by atoms with van der Waals surface area (Å²) in [5.41, 5.74) is 0.885. The van der Waals surface area contributed by atoms with Crippen molar-refractivity contribution in [2.45, 2.75) is 50.7 Å². The molecule has 1 N–H and O–H groups in total. The predicted octanol–water partition coefficient (Wildman–Crippen LogP) is 3.33. The van der Waals surface area contributed by atoms with Crippen LogP contribution in [-0.2, 0) is 19.0 Å². The maximum Gasteiger partial charge on any atom is 0.288 e. The zero-order valence-corrected chi connectivity index (χ0v) is 19.4. The third kappa shape index (κ3) is 6.05. The van der Waals surface area contributed by atoms with Gasteiger partial charge in [-0.3, -0.25) is 9.59 Å². The fourth-order valence-corrected chi connectivity index (χ4v) is 4.49. The van der Waals surface area contributed by atoms with Crippen molar-refractivity contribution in [3.8, 4) is 0 Å². The van der Waals surface area contributed by atoms with Crippen LogP contribution in [0.15, 0.2) is 51.6 Å². The zero-order valence-electron chi connectivity index (χ0n) is 19.4. The van der Waals surface area contributed by atoms with Gasteiger partial charge in [0.25, 0.3) is 5.91 Å². The molecule has 184 valence electrons. The highest BCUT2D eigenvalue weighted by Crippen LogP contribution is 2.32. The van der Waals surface area contributed by atoms with Gasteiger partial charge in [-0.15, -0.1) is 0 Å². The first-order valence-corrected chi connectivity index (χ1v) is 12.2. The SMILES string of the molecule is O=C(C1=C[C@@H](c2coc3ccccc3c2=O)C[C@@H](OCCOCCO)O1)N1CCCCCCC1. The number of carbonyl (C=O) groups is 1. The Labute approximate surface area is 199 Å². The monoisotopic (exact) mass is 471 g/mol. The molecule has 2 aromatic rings. The van der Waals surface area contributed by atoms with Crippen molar-refractivity contribution in [3.63, 3.8) is 0 Å². The predicted molar refractivity (Wildman–Crippen MR) is 126 cm³/mol. The Morgan fingerprint density at radius 3 is 2.62 bits per heavy atom. The molecular formula is C26H33NO7. The molecule has 0 bridgehead atoms. The Morgan fingerprint density at radius 2 is 1.82 bits per heavy atom. The van der Waals surface area contributed by atoms with Crippen molar-refractivity contribution >= 4 is 16.9 Å². The lowest BCUT2D eigenvalue weighted by molar-refractivity contribution is -0.156. The topological polar surface area (TPSA) is 98.4 Å². The van der Waals surface area contributed by atoms with Crippen LogP contribution in [0.3, 0.4) is 0 Å². The summed E-state index contributed by atoms with van der Waals surface area (Å²) in [6.45, 7) is 2.11. The van der Waals surface area contributed by atoms with Crippen LogP contribution in [0.5, 0.6) is 0 Å². The summed E-state index contributed by atoms with van der Waals surface area (Å²) in [5.74, 6) is -0.334. The maximum atomic E-state index is 13.4. The molecule has 1 fully saturated rings. The van der Waals surface area contributed by atoms with Crippen LogP contribution in [0, 0.1) is 0 Å². The van der Waals surface area contributed by atoms with E-state index in [0.717, 1.165) is 25.7 Å². The molecule has 1 aromatic heterocycles. The van der Waals surface area contributed by atoms with Gasteiger partial charge in [0.15, 0.2) is 11.2 Å². The second-order valence-corrected chi connectivity index (χ2v) is 8.70. The summed E-state index contributed by atoms with van der Waals surface area (Å²) in [4.78, 5) is 28.4. The number of nitrogens with zero attached hydrogens (tertiary/aromatic N) is 1. The molecule has 3 heterocycles. The Balaban J connectivity index is 1.57. The highest BCUT2D eigenvalue weighted by atomic mass is 16.7. The van der Waals surface area contributed by atoms with Crippen LogP contribution in [0.25, 0.3) is 11.0 Å². The van der Waals surface area contributed by atoms with Gasteiger partial charge < -0.3 is 28.6 Å². The highest BCUT2D eigenvalue weighted by Gasteiger charge is 2.32. The van der Waals surface area contributed by atoms with E-state index in [-0.39, 0.29) is 42.8 Å². The normalized spacial score (nSPS) is 21.4. The van der Waals surface area contributed by atoms with E-state index in [4.69, 9.17) is 23.7 Å². The number of benzene rings is 1. The zero-order chi connectivity index (χ0) is 23.8. The number of fused-ring (bicyclic) bond motifs is 1. The fourth-order valence-electron chi connectivity index (χ4n) is 4.49. The Bertz CT molecular complexity index is 1040. The van der Waals surface area contributed by atoms with E-state index in [9.17, 15) is 9.59 Å². The van der Waals surface area contributed by atoms with E-state index in [0.29, 0.717) is 42.6 Å². The van der Waals surface area contributed by atoms with Gasteiger partial charge in [-0.05, 0) is 31.1 Å². The van der Waals surface area contributed by atoms with Crippen molar-refractivity contribution in [1.29, 1.82) is 0 Å². The largest absolute Gasteiger partial charge is 0.464 e. The number of amides is 1. The molecule has 8 heteroatoms. The van der Waals surface area contributed by atoms with Crippen molar-refractivity contribution in [2.24, 2.45) is 0 Å². The fraction of sp³-hybridized carbons (Fsp3) is 0.538. The van der Waals surface area contributed by atoms with Gasteiger partial charge in [-0.1, -0.05) is 31.4 Å². The van der Waals surface area contributed by atoms with Crippen LogP contribution in [0.4, 0.5) is 0 Å². The lowest BCUT2D eigenvalue weighted by Gasteiger charge is -2.32. The standard InChI is InChI=1S/C26H33NO7/c28-12-13-31-14-15-32-24-17-19(21-18-33-22-9-5-4-8-20(22)25(21)29)16-23(34-24)26(30)27-10-6-2-1-3-7-11-27/h4-5,8-9,16,18-19,24,28H,1-3,6-7,10-15,17H2/t19-,24+/m1/s1. The van der Waals surface area contributed by atoms with Crippen LogP contribution >= 0.6 is 0 Å². The van der Waals surface area contributed by atoms with Crippen LogP contribution in [-0.4, -0.2) is 61.7 Å². The lowest BCUT2D eigenvalue weighted by Crippen LogP contribution is -2.38. The summed E-state index contributed by atoms with van der Waals surface area (Å²) in [5, 5.41) is 9.36. The molecule has 2 atom stereocenters. The molecule has 34 heavy (non-hydrogen) atoms. The third-order valence-corrected chi connectivity index (χ3v) is 6.28. The second-order valence-electron chi connectivity index (χ2n) is 8.70. The first kappa shape index (κ1) is 24.4. The summed E-state index contributed by atoms with van der Waals surface area (Å²) in [6, 6.07) is 7.13. The number of para-hydroxylation sites is 1. The molecule has 4 rings (SSSR count). The summed E-state index contributed by atoms with van der Waals surface area (Å²) < 4.78 is 22.8. The molecule has 0 spiro atoms. The van der Waals surface area contributed by atoms with E-state index in [1.807, 2.05) is 11.0 Å². The Morgan fingerprint density at radius 1 is 1.06 bits per heavy atom. The minimum Gasteiger partial charge on any atom is -0.464 e. The Hall–Kier alpha value is -2.68. The number of aliphatic hydroxyl groups excluding tert-OH is 1. The van der Waals surface area contributed by atoms with Crippen molar-refractivity contribution < 1.29 is 28.5 Å². The van der Waals surface area contributed by atoms with Crippen molar-refractivity contribution in [1.82, 2.24) is 4.90 Å². The molecule has 1 amide bonds. The van der Waals surface area contributed by atoms with Crippen LogP contribution < -0.4 is 5.43 Å². The Kier molecular flexibility index (Phi) is 8.73. The number of rotatable bonds is 8. The number of ether oxygens (including phenoxy) is 3. The van der Waals surface area contributed by atoms with Gasteiger partial charge in [0.2, 0.25) is 6.29 Å². The number of likely N-dealkylation sites (tertiary alicyclic amines) is 1. The van der Waals surface area contributed by atoms with Gasteiger partial charge >= 0.3 is 0 Å². The quantitative estimate of drug-likeness (QED) is 0.590. The van der Waals surface area contributed by atoms with Gasteiger partial charge in [0.1, 0.15) is 5.58 Å². The van der Waals surface area contributed by atoms with E-state index in [2.05, 4.69) is 0 Å². The number of hydrogen-bond acceptors (Lipinski definition) is 7. The number of aliphatic hydroxyl groups is 1. The van der Waals surface area contributed by atoms with E-state index >= 15 is 0 Å². The molecule has 2 aliphatic rings. The first-order chi connectivity index (χ1) is 16.7. The number of allylic oxidation sites excluding steroid dienone is 1. The van der Waals surface area contributed by atoms with Gasteiger partial charge in [0.05, 0.1) is 38.1 Å². The van der Waals surface area contributed by atoms with Crippen LogP contribution in [0.2, 0.25) is 0 Å². The molecule has 1 saturated heterocycles. The summed E-state index contributed by atoms with van der Waals surface area (Å²) >= 11 is 0. The van der Waals surface area contributed by atoms with Crippen LogP contribution in [0.1, 0.15) is 50.0 Å². The molecule has 0 radical (unpaired) electrons. The minimum absolute atomic E-state index is 0.0586. The highest BCUT2D eigenvalue weighted by molar-refractivity contribution is 5.91. The summed E-state index contributed by atoms with van der Waals surface area (Å²) in [7, 11) is 0. The number of hydrogen-bond donors (Lipinski definition) is 1. The molecular weight excluding hydrogens is 438 g/mol. The van der Waals surface area contributed by atoms with E-state index in [1.165, 1.54) is 12.7 Å². The van der Waals surface area contributed by atoms with Crippen molar-refractivity contribution in [2.75, 3.05) is 39.5 Å². The third-order valence-electron chi connectivity index (χ3n) is 6.28. The smallest absolute Gasteiger partial charge is 0.288 e. The first-order valence-electron chi connectivity index (χ1n) is 12.2. The van der Waals surface area contributed by atoms with E-state index in [1.54, 1.807) is 24.3 Å². The summed E-state index contributed by atoms with van der Waals surface area (Å²) in [6.07, 6.45) is 8.27. The van der Waals surface area contributed by atoms with Gasteiger partial charge in [-0.25, -0.2) is 0 Å². The van der Waals surface area contributed by atoms with Gasteiger partial charge in [-0.2, -0.15) is 0 Å². The maximum absolute atomic E-state index is 13.4. The molecule has 1 aromatic carbocycles. The lowest BCUT2D eigenvalue weighted by atomic mass is 9.93. The minimum atomic E-state index is -0.702.